The lowest BCUT2D eigenvalue weighted by Crippen LogP contribution is -2.32. The average Bonchev–Trinajstić information content (AvgIpc) is 2.36. The van der Waals surface area contributed by atoms with Gasteiger partial charge in [0.15, 0.2) is 0 Å². The van der Waals surface area contributed by atoms with Crippen LogP contribution in [0, 0.1) is 0 Å². The Morgan fingerprint density at radius 1 is 1.53 bits per heavy atom. The second-order valence-corrected chi connectivity index (χ2v) is 4.66. The smallest absolute Gasteiger partial charge is 0.322 e. The molecule has 1 unspecified atom stereocenters. The zero-order chi connectivity index (χ0) is 12.5. The first-order chi connectivity index (χ1) is 8.24. The van der Waals surface area contributed by atoms with Crippen LogP contribution in [0.4, 0.5) is 0 Å². The molecule has 1 heterocycles. The summed E-state index contributed by atoms with van der Waals surface area (Å²) >= 11 is 1.75. The number of carbonyl (C=O) groups excluding carboxylic acids is 1. The Labute approximate surface area is 106 Å². The van der Waals surface area contributed by atoms with Gasteiger partial charge in [-0.2, -0.15) is 11.8 Å². The topological polar surface area (TPSA) is 65.2 Å². The molecule has 4 nitrogen and oxygen atoms in total. The molecule has 1 atom stereocenters. The molecule has 0 saturated carbocycles. The third kappa shape index (κ3) is 5.70. The summed E-state index contributed by atoms with van der Waals surface area (Å²) in [7, 11) is 0. The number of pyridine rings is 1. The molecule has 0 saturated heterocycles. The predicted octanol–water partition coefficient (Wildman–Crippen LogP) is 1.60. The second-order valence-electron chi connectivity index (χ2n) is 3.56. The van der Waals surface area contributed by atoms with Gasteiger partial charge in [-0.3, -0.25) is 9.78 Å². The highest BCUT2D eigenvalue weighted by atomic mass is 32.2. The van der Waals surface area contributed by atoms with Gasteiger partial charge in [0.2, 0.25) is 0 Å². The molecule has 17 heavy (non-hydrogen) atoms. The number of esters is 1. The summed E-state index contributed by atoms with van der Waals surface area (Å²) in [5.74, 6) is 1.46. The molecule has 1 rings (SSSR count). The molecule has 0 fully saturated rings. The van der Waals surface area contributed by atoms with E-state index in [9.17, 15) is 4.79 Å². The first-order valence-electron chi connectivity index (χ1n) is 5.63. The molecule has 2 N–H and O–H groups in total. The first-order valence-corrected chi connectivity index (χ1v) is 6.78. The fraction of sp³-hybridized carbons (Fsp3) is 0.500. The Kier molecular flexibility index (Phi) is 6.65. The molecule has 0 spiro atoms. The Morgan fingerprint density at radius 2 is 2.24 bits per heavy atom. The van der Waals surface area contributed by atoms with Crippen LogP contribution < -0.4 is 5.73 Å². The van der Waals surface area contributed by atoms with E-state index in [1.807, 2.05) is 12.1 Å². The van der Waals surface area contributed by atoms with Gasteiger partial charge in [-0.25, -0.2) is 0 Å². The Bertz CT molecular complexity index is 333. The molecule has 0 aliphatic rings. The van der Waals surface area contributed by atoms with Crippen LogP contribution >= 0.6 is 11.8 Å². The van der Waals surface area contributed by atoms with E-state index in [2.05, 4.69) is 4.98 Å². The van der Waals surface area contributed by atoms with Crippen molar-refractivity contribution in [1.82, 2.24) is 4.98 Å². The number of hydrogen-bond acceptors (Lipinski definition) is 5. The van der Waals surface area contributed by atoms with Crippen molar-refractivity contribution < 1.29 is 9.53 Å². The molecule has 0 aliphatic heterocycles. The van der Waals surface area contributed by atoms with Crippen LogP contribution in [0.5, 0.6) is 0 Å². The Morgan fingerprint density at radius 3 is 2.88 bits per heavy atom. The number of rotatable bonds is 7. The maximum absolute atomic E-state index is 11.2. The van der Waals surface area contributed by atoms with Crippen molar-refractivity contribution in [2.45, 2.75) is 25.1 Å². The van der Waals surface area contributed by atoms with Crippen LogP contribution in [0.25, 0.3) is 0 Å². The lowest BCUT2D eigenvalue weighted by atomic mass is 10.2. The summed E-state index contributed by atoms with van der Waals surface area (Å²) in [6.45, 7) is 2.17. The van der Waals surface area contributed by atoms with E-state index in [1.165, 1.54) is 5.56 Å². The monoisotopic (exact) mass is 254 g/mol. The molecule has 0 aromatic carbocycles. The minimum Gasteiger partial charge on any atom is -0.465 e. The number of ether oxygens (including phenoxy) is 1. The summed E-state index contributed by atoms with van der Waals surface area (Å²) in [5, 5.41) is 0. The quantitative estimate of drug-likeness (QED) is 0.591. The van der Waals surface area contributed by atoms with Gasteiger partial charge in [-0.05, 0) is 36.8 Å². The van der Waals surface area contributed by atoms with Gasteiger partial charge in [0.25, 0.3) is 0 Å². The lowest BCUT2D eigenvalue weighted by Gasteiger charge is -2.09. The summed E-state index contributed by atoms with van der Waals surface area (Å²) in [4.78, 5) is 15.2. The number of thioether (sulfide) groups is 1. The molecule has 0 aliphatic carbocycles. The number of nitrogens with two attached hydrogens (primary N) is 1. The number of nitrogens with zero attached hydrogens (tertiary/aromatic N) is 1. The maximum Gasteiger partial charge on any atom is 0.322 e. The third-order valence-corrected chi connectivity index (χ3v) is 3.24. The molecule has 5 heteroatoms. The van der Waals surface area contributed by atoms with Gasteiger partial charge in [-0.15, -0.1) is 0 Å². The van der Waals surface area contributed by atoms with Gasteiger partial charge in [0, 0.05) is 18.1 Å². The van der Waals surface area contributed by atoms with Crippen molar-refractivity contribution >= 4 is 17.7 Å². The van der Waals surface area contributed by atoms with Gasteiger partial charge >= 0.3 is 5.97 Å². The van der Waals surface area contributed by atoms with E-state index in [0.717, 1.165) is 11.5 Å². The summed E-state index contributed by atoms with van der Waals surface area (Å²) in [6, 6.07) is 3.47. The van der Waals surface area contributed by atoms with Crippen molar-refractivity contribution in [2.24, 2.45) is 5.73 Å². The van der Waals surface area contributed by atoms with E-state index in [1.54, 1.807) is 31.1 Å². The molecule has 1 aromatic heterocycles. The average molecular weight is 254 g/mol. The van der Waals surface area contributed by atoms with Gasteiger partial charge in [0.05, 0.1) is 6.61 Å². The van der Waals surface area contributed by atoms with Gasteiger partial charge in [0.1, 0.15) is 6.04 Å². The normalized spacial score (nSPS) is 12.1. The standard InChI is InChI=1S/C12H18N2O2S/c1-2-16-12(15)11(13)5-8-17-9-10-3-6-14-7-4-10/h3-4,6-7,11H,2,5,8-9,13H2,1H3. The van der Waals surface area contributed by atoms with E-state index >= 15 is 0 Å². The van der Waals surface area contributed by atoms with Crippen molar-refractivity contribution in [3.05, 3.63) is 30.1 Å². The van der Waals surface area contributed by atoms with Crippen LogP contribution in [0.3, 0.4) is 0 Å². The highest BCUT2D eigenvalue weighted by Gasteiger charge is 2.13. The zero-order valence-electron chi connectivity index (χ0n) is 9.96. The van der Waals surface area contributed by atoms with Crippen LogP contribution in [0.1, 0.15) is 18.9 Å². The molecule has 0 amide bonds. The van der Waals surface area contributed by atoms with Crippen molar-refractivity contribution in [3.8, 4) is 0 Å². The minimum atomic E-state index is -0.500. The first kappa shape index (κ1) is 14.0. The van der Waals surface area contributed by atoms with Crippen molar-refractivity contribution in [2.75, 3.05) is 12.4 Å². The summed E-state index contributed by atoms with van der Waals surface area (Å²) in [5.41, 5.74) is 6.92. The third-order valence-electron chi connectivity index (χ3n) is 2.18. The summed E-state index contributed by atoms with van der Waals surface area (Å²) in [6.07, 6.45) is 4.20. The van der Waals surface area contributed by atoms with E-state index in [0.29, 0.717) is 13.0 Å². The lowest BCUT2D eigenvalue weighted by molar-refractivity contribution is -0.144. The second kappa shape index (κ2) is 8.08. The molecule has 0 bridgehead atoms. The van der Waals surface area contributed by atoms with Crippen LogP contribution in [-0.4, -0.2) is 29.4 Å². The Hall–Kier alpha value is -1.07. The largest absolute Gasteiger partial charge is 0.465 e. The van der Waals surface area contributed by atoms with Crippen molar-refractivity contribution in [3.63, 3.8) is 0 Å². The number of aromatic nitrogens is 1. The summed E-state index contributed by atoms with van der Waals surface area (Å²) < 4.78 is 4.84. The van der Waals surface area contributed by atoms with E-state index < -0.39 is 6.04 Å². The zero-order valence-corrected chi connectivity index (χ0v) is 10.8. The van der Waals surface area contributed by atoms with E-state index in [-0.39, 0.29) is 5.97 Å². The highest BCUT2D eigenvalue weighted by molar-refractivity contribution is 7.98. The fourth-order valence-electron chi connectivity index (χ4n) is 1.25. The van der Waals surface area contributed by atoms with Gasteiger partial charge < -0.3 is 10.5 Å². The molecule has 94 valence electrons. The van der Waals surface area contributed by atoms with Crippen LogP contribution in [0.15, 0.2) is 24.5 Å². The van der Waals surface area contributed by atoms with E-state index in [4.69, 9.17) is 10.5 Å². The van der Waals surface area contributed by atoms with Crippen LogP contribution in [0.2, 0.25) is 0 Å². The fourth-order valence-corrected chi connectivity index (χ4v) is 2.24. The molecular weight excluding hydrogens is 236 g/mol. The van der Waals surface area contributed by atoms with Gasteiger partial charge in [-0.1, -0.05) is 0 Å². The number of hydrogen-bond donors (Lipinski definition) is 1. The SMILES string of the molecule is CCOC(=O)C(N)CCSCc1ccncc1. The highest BCUT2D eigenvalue weighted by Crippen LogP contribution is 2.12. The Balaban J connectivity index is 2.14. The maximum atomic E-state index is 11.2. The van der Waals surface area contributed by atoms with Crippen LogP contribution in [-0.2, 0) is 15.3 Å². The molecule has 1 aromatic rings. The number of carbonyl (C=O) groups is 1. The molecule has 0 radical (unpaired) electrons. The van der Waals surface area contributed by atoms with Crippen molar-refractivity contribution in [1.29, 1.82) is 0 Å². The minimum absolute atomic E-state index is 0.308. The molecular formula is C12H18N2O2S. The predicted molar refractivity (Wildman–Crippen MR) is 69.6 cm³/mol.